The Morgan fingerprint density at radius 2 is 2.17 bits per heavy atom. The van der Waals surface area contributed by atoms with Crippen LogP contribution in [0.2, 0.25) is 0 Å². The molecule has 0 fully saturated rings. The van der Waals surface area contributed by atoms with Gasteiger partial charge in [-0.1, -0.05) is 18.2 Å². The Hall–Kier alpha value is -1.09. The van der Waals surface area contributed by atoms with Gasteiger partial charge in [0.2, 0.25) is 5.91 Å². The third-order valence-corrected chi connectivity index (χ3v) is 1.46. The fourth-order valence-electron chi connectivity index (χ4n) is 0.794. The van der Waals surface area contributed by atoms with Crippen molar-refractivity contribution in [3.63, 3.8) is 0 Å². The third-order valence-electron chi connectivity index (χ3n) is 1.46. The third kappa shape index (κ3) is 4.68. The average Bonchev–Trinajstić information content (AvgIpc) is 2.04. The Labute approximate surface area is 73.1 Å². The van der Waals surface area contributed by atoms with Crippen molar-refractivity contribution in [3.8, 4) is 0 Å². The Morgan fingerprint density at radius 1 is 1.50 bits per heavy atom. The number of rotatable bonds is 5. The van der Waals surface area contributed by atoms with Gasteiger partial charge in [-0.05, 0) is 26.3 Å². The number of hydrogen-bond acceptors (Lipinski definition) is 2. The van der Waals surface area contributed by atoms with Gasteiger partial charge in [-0.15, -0.1) is 0 Å². The zero-order valence-electron chi connectivity index (χ0n) is 7.42. The summed E-state index contributed by atoms with van der Waals surface area (Å²) in [6.45, 7) is 2.47. The molecule has 0 aromatic rings. The minimum absolute atomic E-state index is 0.360. The SMILES string of the molecule is C/C=C\C=C(/CCCN)C(N)=O. The van der Waals surface area contributed by atoms with Gasteiger partial charge < -0.3 is 11.5 Å². The highest BCUT2D eigenvalue weighted by Gasteiger charge is 2.01. The summed E-state index contributed by atoms with van der Waals surface area (Å²) in [7, 11) is 0. The van der Waals surface area contributed by atoms with E-state index in [-0.39, 0.29) is 5.91 Å². The molecule has 0 aliphatic rings. The molecule has 68 valence electrons. The number of amides is 1. The lowest BCUT2D eigenvalue weighted by Gasteiger charge is -1.99. The summed E-state index contributed by atoms with van der Waals surface area (Å²) in [5, 5.41) is 0. The summed E-state index contributed by atoms with van der Waals surface area (Å²) in [4.78, 5) is 10.8. The maximum Gasteiger partial charge on any atom is 0.244 e. The van der Waals surface area contributed by atoms with Crippen molar-refractivity contribution in [1.82, 2.24) is 0 Å². The second-order valence-corrected chi connectivity index (χ2v) is 2.47. The van der Waals surface area contributed by atoms with Crippen LogP contribution in [0.5, 0.6) is 0 Å². The summed E-state index contributed by atoms with van der Waals surface area (Å²) in [5.41, 5.74) is 11.1. The maximum absolute atomic E-state index is 10.8. The smallest absolute Gasteiger partial charge is 0.244 e. The number of carbonyl (C=O) groups excluding carboxylic acids is 1. The van der Waals surface area contributed by atoms with Crippen molar-refractivity contribution >= 4 is 5.91 Å². The van der Waals surface area contributed by atoms with Crippen molar-refractivity contribution in [2.24, 2.45) is 11.5 Å². The molecule has 0 aliphatic carbocycles. The molecule has 0 aliphatic heterocycles. The predicted molar refractivity (Wildman–Crippen MR) is 50.4 cm³/mol. The Balaban J connectivity index is 4.13. The van der Waals surface area contributed by atoms with E-state index in [2.05, 4.69) is 0 Å². The number of primary amides is 1. The van der Waals surface area contributed by atoms with Crippen molar-refractivity contribution in [1.29, 1.82) is 0 Å². The van der Waals surface area contributed by atoms with Crippen LogP contribution in [0.15, 0.2) is 23.8 Å². The quantitative estimate of drug-likeness (QED) is 0.469. The van der Waals surface area contributed by atoms with Gasteiger partial charge in [0.25, 0.3) is 0 Å². The van der Waals surface area contributed by atoms with E-state index in [1.165, 1.54) is 0 Å². The zero-order chi connectivity index (χ0) is 9.40. The van der Waals surface area contributed by atoms with Crippen LogP contribution in [0.1, 0.15) is 19.8 Å². The van der Waals surface area contributed by atoms with E-state index >= 15 is 0 Å². The highest BCUT2D eigenvalue weighted by Crippen LogP contribution is 2.03. The maximum atomic E-state index is 10.8. The van der Waals surface area contributed by atoms with Crippen molar-refractivity contribution in [3.05, 3.63) is 23.8 Å². The second kappa shape index (κ2) is 6.61. The number of allylic oxidation sites excluding steroid dienone is 3. The predicted octanol–water partition coefficient (Wildman–Crippen LogP) is 0.713. The Kier molecular flexibility index (Phi) is 6.01. The molecule has 0 bridgehead atoms. The molecule has 0 radical (unpaired) electrons. The Bertz CT molecular complexity index is 195. The van der Waals surface area contributed by atoms with Crippen molar-refractivity contribution < 1.29 is 4.79 Å². The van der Waals surface area contributed by atoms with Crippen LogP contribution >= 0.6 is 0 Å². The van der Waals surface area contributed by atoms with Crippen LogP contribution in [-0.4, -0.2) is 12.5 Å². The zero-order valence-corrected chi connectivity index (χ0v) is 7.42. The standard InChI is InChI=1S/C9H16N2O/c1-2-3-5-8(9(11)12)6-4-7-10/h2-3,5H,4,6-7,10H2,1H3,(H2,11,12)/b3-2-,8-5+. The van der Waals surface area contributed by atoms with E-state index in [0.717, 1.165) is 6.42 Å². The van der Waals surface area contributed by atoms with E-state index in [1.807, 2.05) is 13.0 Å². The molecular formula is C9H16N2O. The molecule has 0 atom stereocenters. The minimum atomic E-state index is -0.360. The number of nitrogens with two attached hydrogens (primary N) is 2. The molecule has 0 aromatic carbocycles. The fourth-order valence-corrected chi connectivity index (χ4v) is 0.794. The first-order chi connectivity index (χ1) is 5.72. The first-order valence-electron chi connectivity index (χ1n) is 4.04. The minimum Gasteiger partial charge on any atom is -0.366 e. The summed E-state index contributed by atoms with van der Waals surface area (Å²) >= 11 is 0. The van der Waals surface area contributed by atoms with Crippen LogP contribution in [-0.2, 0) is 4.79 Å². The van der Waals surface area contributed by atoms with E-state index in [1.54, 1.807) is 12.2 Å². The molecule has 1 amide bonds. The summed E-state index contributed by atoms with van der Waals surface area (Å²) < 4.78 is 0. The van der Waals surface area contributed by atoms with Crippen molar-refractivity contribution in [2.45, 2.75) is 19.8 Å². The van der Waals surface area contributed by atoms with Gasteiger partial charge in [0.15, 0.2) is 0 Å². The van der Waals surface area contributed by atoms with Crippen LogP contribution in [0, 0.1) is 0 Å². The van der Waals surface area contributed by atoms with Gasteiger partial charge in [-0.3, -0.25) is 4.79 Å². The van der Waals surface area contributed by atoms with Gasteiger partial charge in [0, 0.05) is 5.57 Å². The lowest BCUT2D eigenvalue weighted by Crippen LogP contribution is -2.14. The summed E-state index contributed by atoms with van der Waals surface area (Å²) in [6, 6.07) is 0. The Morgan fingerprint density at radius 3 is 2.58 bits per heavy atom. The lowest BCUT2D eigenvalue weighted by atomic mass is 10.1. The molecule has 4 N–H and O–H groups in total. The van der Waals surface area contributed by atoms with E-state index in [0.29, 0.717) is 18.5 Å². The topological polar surface area (TPSA) is 69.1 Å². The molecule has 12 heavy (non-hydrogen) atoms. The highest BCUT2D eigenvalue weighted by molar-refractivity contribution is 5.92. The summed E-state index contributed by atoms with van der Waals surface area (Å²) in [5.74, 6) is -0.360. The largest absolute Gasteiger partial charge is 0.366 e. The molecule has 0 aromatic heterocycles. The van der Waals surface area contributed by atoms with Gasteiger partial charge in [0.1, 0.15) is 0 Å². The van der Waals surface area contributed by atoms with Crippen LogP contribution in [0.25, 0.3) is 0 Å². The van der Waals surface area contributed by atoms with Gasteiger partial charge in [-0.2, -0.15) is 0 Å². The van der Waals surface area contributed by atoms with E-state index in [9.17, 15) is 4.79 Å². The monoisotopic (exact) mass is 168 g/mol. The van der Waals surface area contributed by atoms with E-state index in [4.69, 9.17) is 11.5 Å². The molecule has 0 unspecified atom stereocenters. The first-order valence-corrected chi connectivity index (χ1v) is 4.04. The molecule has 3 nitrogen and oxygen atoms in total. The van der Waals surface area contributed by atoms with Gasteiger partial charge >= 0.3 is 0 Å². The molecule has 3 heteroatoms. The molecule has 0 heterocycles. The molecule has 0 spiro atoms. The van der Waals surface area contributed by atoms with Gasteiger partial charge in [0.05, 0.1) is 0 Å². The van der Waals surface area contributed by atoms with E-state index < -0.39 is 0 Å². The molecule has 0 saturated heterocycles. The molecule has 0 saturated carbocycles. The number of hydrogen-bond donors (Lipinski definition) is 2. The first kappa shape index (κ1) is 10.9. The summed E-state index contributed by atoms with van der Waals surface area (Å²) in [6.07, 6.45) is 6.85. The van der Waals surface area contributed by atoms with Crippen LogP contribution < -0.4 is 11.5 Å². The normalized spacial score (nSPS) is 12.3. The van der Waals surface area contributed by atoms with Crippen LogP contribution in [0.4, 0.5) is 0 Å². The fraction of sp³-hybridized carbons (Fsp3) is 0.444. The average molecular weight is 168 g/mol. The van der Waals surface area contributed by atoms with Gasteiger partial charge in [-0.25, -0.2) is 0 Å². The molecule has 0 rings (SSSR count). The number of carbonyl (C=O) groups is 1. The lowest BCUT2D eigenvalue weighted by molar-refractivity contribution is -0.114. The highest BCUT2D eigenvalue weighted by atomic mass is 16.1. The van der Waals surface area contributed by atoms with Crippen LogP contribution in [0.3, 0.4) is 0 Å². The molecular weight excluding hydrogens is 152 g/mol. The second-order valence-electron chi connectivity index (χ2n) is 2.47. The van der Waals surface area contributed by atoms with Crippen molar-refractivity contribution in [2.75, 3.05) is 6.54 Å².